The summed E-state index contributed by atoms with van der Waals surface area (Å²) in [5.74, 6) is 0. The maximum Gasteiger partial charge on any atom is 0.239 e. The van der Waals surface area contributed by atoms with E-state index < -0.39 is 7.41 Å². The first-order chi connectivity index (χ1) is 9.79. The van der Waals surface area contributed by atoms with Crippen LogP contribution in [-0.2, 0) is 0 Å². The van der Waals surface area contributed by atoms with Crippen LogP contribution in [0.2, 0.25) is 0 Å². The lowest BCUT2D eigenvalue weighted by Crippen LogP contribution is -2.35. The average Bonchev–Trinajstić information content (AvgIpc) is 2.54. The lowest BCUT2D eigenvalue weighted by Gasteiger charge is -2.25. The zero-order valence-corrected chi connectivity index (χ0v) is 13.8. The highest BCUT2D eigenvalue weighted by Gasteiger charge is 2.47. The monoisotopic (exact) mass is 303 g/mol. The van der Waals surface area contributed by atoms with E-state index in [0.29, 0.717) is 0 Å². The van der Waals surface area contributed by atoms with Crippen LogP contribution in [-0.4, -0.2) is 25.1 Å². The molecule has 0 spiro atoms. The van der Waals surface area contributed by atoms with Gasteiger partial charge in [-0.2, -0.15) is 5.09 Å². The van der Waals surface area contributed by atoms with Crippen molar-refractivity contribution < 1.29 is 0 Å². The van der Waals surface area contributed by atoms with Gasteiger partial charge in [-0.1, -0.05) is 48.2 Å². The Kier molecular flexibility index (Phi) is 5.36. The second-order valence-electron chi connectivity index (χ2n) is 4.28. The van der Waals surface area contributed by atoms with Crippen LogP contribution in [0.25, 0.3) is 0 Å². The third kappa shape index (κ3) is 2.67. The van der Waals surface area contributed by atoms with Crippen LogP contribution in [0.3, 0.4) is 0 Å². The van der Waals surface area contributed by atoms with Crippen LogP contribution in [0, 0.1) is 0 Å². The second kappa shape index (κ2) is 7.03. The minimum Gasteiger partial charge on any atom is -0.247 e. The van der Waals surface area contributed by atoms with E-state index in [-0.39, 0.29) is 0 Å². The van der Waals surface area contributed by atoms with Crippen molar-refractivity contribution in [1.82, 2.24) is 5.09 Å². The molecule has 0 aliphatic rings. The van der Waals surface area contributed by atoms with Gasteiger partial charge in [-0.05, 0) is 30.5 Å². The summed E-state index contributed by atoms with van der Waals surface area (Å²) in [7, 11) is 2.09. The van der Waals surface area contributed by atoms with Crippen molar-refractivity contribution in [3.63, 3.8) is 0 Å². The van der Waals surface area contributed by atoms with Gasteiger partial charge in [0.1, 0.15) is 10.6 Å². The van der Waals surface area contributed by atoms with E-state index in [9.17, 15) is 0 Å². The van der Waals surface area contributed by atoms with Gasteiger partial charge in [0.05, 0.1) is 0 Å². The zero-order chi connectivity index (χ0) is 14.4. The molecule has 0 aliphatic heterocycles. The predicted molar refractivity (Wildman–Crippen MR) is 95.0 cm³/mol. The van der Waals surface area contributed by atoms with Gasteiger partial charge in [0.25, 0.3) is 0 Å². The number of nitrogens with one attached hydrogen (secondary N) is 1. The molecule has 0 unspecified atom stereocenters. The van der Waals surface area contributed by atoms with Gasteiger partial charge in [0, 0.05) is 14.1 Å². The summed E-state index contributed by atoms with van der Waals surface area (Å²) in [6, 6.07) is 21.3. The number of nitrogens with zero attached hydrogens (tertiary/aromatic N) is 1. The fourth-order valence-electron chi connectivity index (χ4n) is 2.41. The zero-order valence-electron chi connectivity index (χ0n) is 12.1. The first-order valence-corrected chi connectivity index (χ1v) is 9.51. The van der Waals surface area contributed by atoms with Gasteiger partial charge in [-0.15, -0.1) is 0 Å². The van der Waals surface area contributed by atoms with Crippen LogP contribution >= 0.6 is 19.2 Å². The topological polar surface area (TPSA) is 24.4 Å². The fraction of sp³-hybridized carbons (Fsp3) is 0.188. The summed E-state index contributed by atoms with van der Waals surface area (Å²) in [4.78, 5) is 5.73. The molecule has 104 valence electrons. The summed E-state index contributed by atoms with van der Waals surface area (Å²) in [5.41, 5.74) is 0. The Labute approximate surface area is 126 Å². The fourth-order valence-corrected chi connectivity index (χ4v) is 7.58. The van der Waals surface area contributed by atoms with Crippen LogP contribution in [0.4, 0.5) is 0 Å². The van der Waals surface area contributed by atoms with Crippen molar-refractivity contribution in [3.8, 4) is 0 Å². The van der Waals surface area contributed by atoms with Gasteiger partial charge in [-0.25, -0.2) is 4.99 Å². The van der Waals surface area contributed by atoms with E-state index >= 15 is 0 Å². The Morgan fingerprint density at radius 3 is 1.70 bits per heavy atom. The van der Waals surface area contributed by atoms with Gasteiger partial charge in [0.15, 0.2) is 0 Å². The highest BCUT2D eigenvalue weighted by atomic mass is 32.2. The summed E-state index contributed by atoms with van der Waals surface area (Å²) in [6.07, 6.45) is 2.10. The molecule has 0 aliphatic carbocycles. The van der Waals surface area contributed by atoms with Crippen molar-refractivity contribution in [3.05, 3.63) is 60.7 Å². The van der Waals surface area contributed by atoms with E-state index in [0.717, 1.165) is 4.78 Å². The summed E-state index contributed by atoms with van der Waals surface area (Å²) in [6.45, 7) is 0. The Morgan fingerprint density at radius 1 is 0.950 bits per heavy atom. The molecule has 0 radical (unpaired) electrons. The third-order valence-electron chi connectivity index (χ3n) is 3.28. The van der Waals surface area contributed by atoms with Gasteiger partial charge >= 0.3 is 0 Å². The second-order valence-corrected chi connectivity index (χ2v) is 8.62. The Balaban J connectivity index is 2.71. The van der Waals surface area contributed by atoms with Crippen molar-refractivity contribution in [2.24, 2.45) is 4.99 Å². The molecule has 0 aromatic heterocycles. The van der Waals surface area contributed by atoms with Crippen molar-refractivity contribution >= 4 is 34.6 Å². The van der Waals surface area contributed by atoms with E-state index in [1.165, 1.54) is 10.6 Å². The smallest absolute Gasteiger partial charge is 0.239 e. The minimum absolute atomic E-state index is 1.16. The van der Waals surface area contributed by atoms with E-state index in [1.54, 1.807) is 11.8 Å². The molecule has 2 aromatic rings. The number of hydrogen-bond acceptors (Lipinski definition) is 3. The van der Waals surface area contributed by atoms with Crippen LogP contribution in [0.1, 0.15) is 0 Å². The van der Waals surface area contributed by atoms with E-state index in [4.69, 9.17) is 0 Å². The maximum absolute atomic E-state index is 4.57. The molecule has 0 amide bonds. The molecule has 2 nitrogen and oxygen atoms in total. The van der Waals surface area contributed by atoms with Crippen molar-refractivity contribution in [2.45, 2.75) is 0 Å². The molecule has 0 heterocycles. The van der Waals surface area contributed by atoms with E-state index in [1.807, 2.05) is 14.1 Å². The molecule has 1 N–H and O–H groups in total. The predicted octanol–water partition coefficient (Wildman–Crippen LogP) is 3.14. The molecule has 0 fully saturated rings. The molecular formula is C16H20N2PS+. The van der Waals surface area contributed by atoms with Crippen molar-refractivity contribution in [2.75, 3.05) is 20.4 Å². The standard InChI is InChI=1S/C16H20N2PS/c1-17-16(20-3)19(18-2,14-10-6-4-7-11-14)15-12-8-5-9-13-15/h4-13,18H,1-3H3/q+1. The van der Waals surface area contributed by atoms with Gasteiger partial charge in [-0.3, -0.25) is 0 Å². The summed E-state index contributed by atoms with van der Waals surface area (Å²) in [5, 5.41) is 6.23. The average molecular weight is 303 g/mol. The number of benzene rings is 2. The molecule has 0 saturated heterocycles. The molecular weight excluding hydrogens is 283 g/mol. The molecule has 4 heteroatoms. The molecule has 2 aromatic carbocycles. The lowest BCUT2D eigenvalue weighted by molar-refractivity contribution is 1.27. The highest BCUT2D eigenvalue weighted by molar-refractivity contribution is 8.32. The van der Waals surface area contributed by atoms with Crippen molar-refractivity contribution in [1.29, 1.82) is 0 Å². The number of thioether (sulfide) groups is 1. The lowest BCUT2D eigenvalue weighted by atomic mass is 10.4. The number of hydrogen-bond donors (Lipinski definition) is 1. The van der Waals surface area contributed by atoms with Gasteiger partial charge in [0.2, 0.25) is 12.2 Å². The maximum atomic E-state index is 4.57. The molecule has 20 heavy (non-hydrogen) atoms. The van der Waals surface area contributed by atoms with Crippen LogP contribution < -0.4 is 15.7 Å². The molecule has 2 rings (SSSR count). The summed E-state index contributed by atoms with van der Waals surface area (Å²) >= 11 is 1.73. The normalized spacial score (nSPS) is 12.4. The first-order valence-electron chi connectivity index (χ1n) is 6.50. The van der Waals surface area contributed by atoms with Crippen LogP contribution in [0.5, 0.6) is 0 Å². The number of rotatable bonds is 4. The molecule has 0 atom stereocenters. The van der Waals surface area contributed by atoms with Crippen LogP contribution in [0.15, 0.2) is 65.7 Å². The first kappa shape index (κ1) is 15.2. The largest absolute Gasteiger partial charge is 0.247 e. The van der Waals surface area contributed by atoms with E-state index in [2.05, 4.69) is 77.0 Å². The summed E-state index contributed by atoms with van der Waals surface area (Å²) < 4.78 is 0. The number of aliphatic imine (C=N–C) groups is 1. The quantitative estimate of drug-likeness (QED) is 0.533. The highest BCUT2D eigenvalue weighted by Crippen LogP contribution is 2.55. The molecule has 0 bridgehead atoms. The Hall–Kier alpha value is -1.15. The minimum atomic E-state index is -1.83. The van der Waals surface area contributed by atoms with Gasteiger partial charge < -0.3 is 0 Å². The Morgan fingerprint density at radius 2 is 1.40 bits per heavy atom. The Bertz CT molecular complexity index is 530. The molecule has 0 saturated carbocycles. The SMILES string of the molecule is CN=C(SC)[P+](NC)(c1ccccc1)c1ccccc1. The third-order valence-corrected chi connectivity index (χ3v) is 8.79.